The van der Waals surface area contributed by atoms with E-state index >= 15 is 0 Å². The number of hydrogen-bond acceptors (Lipinski definition) is 4. The number of imidazole rings is 1. The third kappa shape index (κ3) is 3.32. The van der Waals surface area contributed by atoms with Crippen LogP contribution in [0, 0.1) is 0 Å². The van der Waals surface area contributed by atoms with Gasteiger partial charge in [0.15, 0.2) is 0 Å². The van der Waals surface area contributed by atoms with Crippen molar-refractivity contribution in [2.45, 2.75) is 13.0 Å². The molecule has 7 heteroatoms. The molecule has 0 atom stereocenters. The van der Waals surface area contributed by atoms with Crippen molar-refractivity contribution in [1.82, 2.24) is 29.6 Å². The summed E-state index contributed by atoms with van der Waals surface area (Å²) in [6.45, 7) is 1.42. The second-order valence-corrected chi connectivity index (χ2v) is 5.92. The van der Waals surface area contributed by atoms with E-state index < -0.39 is 0 Å². The third-order valence-corrected chi connectivity index (χ3v) is 4.20. The fourth-order valence-electron chi connectivity index (χ4n) is 2.85. The number of benzene rings is 2. The number of nitrogens with zero attached hydrogens (tertiary/aromatic N) is 5. The van der Waals surface area contributed by atoms with E-state index in [1.807, 2.05) is 36.7 Å². The predicted molar refractivity (Wildman–Crippen MR) is 98.0 cm³/mol. The number of aryl methyl sites for hydroxylation is 1. The quantitative estimate of drug-likeness (QED) is 0.544. The molecule has 2 aromatic heterocycles. The Morgan fingerprint density at radius 1 is 1.04 bits per heavy atom. The van der Waals surface area contributed by atoms with Crippen LogP contribution in [0.5, 0.6) is 0 Å². The van der Waals surface area contributed by atoms with Crippen LogP contribution in [-0.2, 0) is 6.54 Å². The fraction of sp³-hybridized carbons (Fsp3) is 0.158. The van der Waals surface area contributed by atoms with E-state index in [0.29, 0.717) is 12.1 Å². The van der Waals surface area contributed by atoms with Gasteiger partial charge in [-0.1, -0.05) is 12.1 Å². The van der Waals surface area contributed by atoms with Crippen molar-refractivity contribution in [3.8, 4) is 5.69 Å². The number of carbonyl (C=O) groups is 1. The molecule has 2 aromatic carbocycles. The second kappa shape index (κ2) is 7.18. The van der Waals surface area contributed by atoms with Crippen LogP contribution >= 0.6 is 0 Å². The molecular weight excluding hydrogens is 328 g/mol. The summed E-state index contributed by atoms with van der Waals surface area (Å²) in [5, 5.41) is 7.02. The van der Waals surface area contributed by atoms with Crippen LogP contribution in [-0.4, -0.2) is 36.8 Å². The molecule has 4 rings (SSSR count). The van der Waals surface area contributed by atoms with Gasteiger partial charge in [0, 0.05) is 18.7 Å². The molecule has 0 saturated carbocycles. The monoisotopic (exact) mass is 346 g/mol. The third-order valence-electron chi connectivity index (χ3n) is 4.20. The number of hydrogen-bond donors (Lipinski definition) is 1. The Labute approximate surface area is 150 Å². The fourth-order valence-corrected chi connectivity index (χ4v) is 2.85. The molecule has 0 aliphatic carbocycles. The van der Waals surface area contributed by atoms with Crippen LogP contribution < -0.4 is 5.32 Å². The molecule has 0 unspecified atom stereocenters. The molecule has 0 saturated heterocycles. The zero-order valence-corrected chi connectivity index (χ0v) is 14.1. The van der Waals surface area contributed by atoms with E-state index in [4.69, 9.17) is 0 Å². The maximum Gasteiger partial charge on any atom is 0.251 e. The first kappa shape index (κ1) is 16.0. The van der Waals surface area contributed by atoms with Crippen LogP contribution in [0.15, 0.2) is 67.5 Å². The Morgan fingerprint density at radius 3 is 2.69 bits per heavy atom. The number of fused-ring (bicyclic) bond motifs is 1. The van der Waals surface area contributed by atoms with Gasteiger partial charge in [-0.2, -0.15) is 5.10 Å². The number of rotatable bonds is 6. The molecule has 0 aliphatic rings. The van der Waals surface area contributed by atoms with Gasteiger partial charge in [-0.15, -0.1) is 0 Å². The average molecular weight is 346 g/mol. The highest BCUT2D eigenvalue weighted by Crippen LogP contribution is 2.12. The minimum Gasteiger partial charge on any atom is -0.352 e. The highest BCUT2D eigenvalue weighted by Gasteiger charge is 2.06. The molecular formula is C19H18N6O. The minimum atomic E-state index is -0.0781. The standard InChI is InChI=1S/C19H18N6O/c26-19(15-6-8-16(9-7-15)25-13-20-12-23-25)21-10-3-11-24-14-22-17-4-1-2-5-18(17)24/h1-2,4-9,12-14H,3,10-11H2,(H,21,26). The topological polar surface area (TPSA) is 77.6 Å². The maximum atomic E-state index is 12.3. The van der Waals surface area contributed by atoms with E-state index in [-0.39, 0.29) is 5.91 Å². The van der Waals surface area contributed by atoms with Crippen molar-refractivity contribution in [2.75, 3.05) is 6.54 Å². The van der Waals surface area contributed by atoms with Crippen molar-refractivity contribution < 1.29 is 4.79 Å². The maximum absolute atomic E-state index is 12.3. The highest BCUT2D eigenvalue weighted by atomic mass is 16.1. The van der Waals surface area contributed by atoms with Gasteiger partial charge in [-0.3, -0.25) is 4.79 Å². The van der Waals surface area contributed by atoms with Crippen LogP contribution in [0.25, 0.3) is 16.7 Å². The Morgan fingerprint density at radius 2 is 1.88 bits per heavy atom. The molecule has 0 bridgehead atoms. The number of aromatic nitrogens is 5. The number of nitrogens with one attached hydrogen (secondary N) is 1. The zero-order chi connectivity index (χ0) is 17.8. The van der Waals surface area contributed by atoms with E-state index in [0.717, 1.165) is 29.7 Å². The van der Waals surface area contributed by atoms with Crippen LogP contribution in [0.3, 0.4) is 0 Å². The summed E-state index contributed by atoms with van der Waals surface area (Å²) in [7, 11) is 0. The lowest BCUT2D eigenvalue weighted by atomic mass is 10.2. The van der Waals surface area contributed by atoms with Crippen molar-refractivity contribution >= 4 is 16.9 Å². The van der Waals surface area contributed by atoms with Crippen molar-refractivity contribution in [1.29, 1.82) is 0 Å². The lowest BCUT2D eigenvalue weighted by Crippen LogP contribution is -2.25. The summed E-state index contributed by atoms with van der Waals surface area (Å²) in [6.07, 6.45) is 5.78. The van der Waals surface area contributed by atoms with E-state index in [9.17, 15) is 4.79 Å². The molecule has 7 nitrogen and oxygen atoms in total. The van der Waals surface area contributed by atoms with Gasteiger partial charge in [-0.05, 0) is 42.8 Å². The highest BCUT2D eigenvalue weighted by molar-refractivity contribution is 5.94. The smallest absolute Gasteiger partial charge is 0.251 e. The van der Waals surface area contributed by atoms with Gasteiger partial charge < -0.3 is 9.88 Å². The van der Waals surface area contributed by atoms with Gasteiger partial charge in [-0.25, -0.2) is 14.6 Å². The molecule has 0 aliphatic heterocycles. The number of para-hydroxylation sites is 2. The molecule has 0 spiro atoms. The average Bonchev–Trinajstić information content (AvgIpc) is 3.35. The Kier molecular flexibility index (Phi) is 4.42. The molecule has 1 N–H and O–H groups in total. The Bertz CT molecular complexity index is 1000. The molecule has 26 heavy (non-hydrogen) atoms. The second-order valence-electron chi connectivity index (χ2n) is 5.92. The van der Waals surface area contributed by atoms with Crippen molar-refractivity contribution in [2.24, 2.45) is 0 Å². The van der Waals surface area contributed by atoms with Crippen LogP contribution in [0.4, 0.5) is 0 Å². The SMILES string of the molecule is O=C(NCCCn1cnc2ccccc21)c1ccc(-n2cncn2)cc1. The van der Waals surface area contributed by atoms with Gasteiger partial charge in [0.2, 0.25) is 0 Å². The first-order chi connectivity index (χ1) is 12.8. The van der Waals surface area contributed by atoms with Crippen molar-refractivity contribution in [3.05, 3.63) is 73.1 Å². The predicted octanol–water partition coefficient (Wildman–Crippen LogP) is 2.44. The van der Waals surface area contributed by atoms with E-state index in [1.165, 1.54) is 6.33 Å². The summed E-state index contributed by atoms with van der Waals surface area (Å²) in [5.41, 5.74) is 3.60. The summed E-state index contributed by atoms with van der Waals surface area (Å²) in [4.78, 5) is 20.5. The molecule has 1 amide bonds. The first-order valence-corrected chi connectivity index (χ1v) is 8.44. The Hall–Kier alpha value is -3.48. The number of amides is 1. The largest absolute Gasteiger partial charge is 0.352 e. The summed E-state index contributed by atoms with van der Waals surface area (Å²) in [5.74, 6) is -0.0781. The lowest BCUT2D eigenvalue weighted by Gasteiger charge is -2.07. The molecule has 0 radical (unpaired) electrons. The molecule has 4 aromatic rings. The van der Waals surface area contributed by atoms with Crippen LogP contribution in [0.2, 0.25) is 0 Å². The summed E-state index contributed by atoms with van der Waals surface area (Å²) >= 11 is 0. The Balaban J connectivity index is 1.30. The first-order valence-electron chi connectivity index (χ1n) is 8.44. The van der Waals surface area contributed by atoms with E-state index in [1.54, 1.807) is 23.1 Å². The number of carbonyl (C=O) groups excluding carboxylic acids is 1. The van der Waals surface area contributed by atoms with Gasteiger partial charge >= 0.3 is 0 Å². The molecule has 130 valence electrons. The van der Waals surface area contributed by atoms with Crippen LogP contribution in [0.1, 0.15) is 16.8 Å². The van der Waals surface area contributed by atoms with Gasteiger partial charge in [0.05, 0.1) is 23.0 Å². The normalized spacial score (nSPS) is 10.9. The molecule has 2 heterocycles. The zero-order valence-electron chi connectivity index (χ0n) is 14.1. The summed E-state index contributed by atoms with van der Waals surface area (Å²) < 4.78 is 3.76. The summed E-state index contributed by atoms with van der Waals surface area (Å²) in [6, 6.07) is 15.3. The van der Waals surface area contributed by atoms with Crippen molar-refractivity contribution in [3.63, 3.8) is 0 Å². The van der Waals surface area contributed by atoms with E-state index in [2.05, 4.69) is 31.0 Å². The lowest BCUT2D eigenvalue weighted by molar-refractivity contribution is 0.0953. The van der Waals surface area contributed by atoms with Gasteiger partial charge in [0.1, 0.15) is 12.7 Å². The molecule has 0 fully saturated rings. The minimum absolute atomic E-state index is 0.0781. The van der Waals surface area contributed by atoms with Gasteiger partial charge in [0.25, 0.3) is 5.91 Å².